The molecule has 2 aromatic heterocycles. The van der Waals surface area contributed by atoms with E-state index in [-0.39, 0.29) is 6.61 Å². The third kappa shape index (κ3) is 2.87. The number of halogens is 1. The lowest BCUT2D eigenvalue weighted by Crippen LogP contribution is -2.39. The van der Waals surface area contributed by atoms with Crippen LogP contribution in [0.15, 0.2) is 18.3 Å². The van der Waals surface area contributed by atoms with Crippen LogP contribution in [-0.4, -0.2) is 52.0 Å². The quantitative estimate of drug-likeness (QED) is 0.859. The molecule has 108 valence electrons. The summed E-state index contributed by atoms with van der Waals surface area (Å²) in [6.45, 7) is 2.49. The van der Waals surface area contributed by atoms with Gasteiger partial charge in [0.05, 0.1) is 11.6 Å². The number of hydrogen-bond donors (Lipinski definition) is 2. The van der Waals surface area contributed by atoms with Crippen LogP contribution in [0.3, 0.4) is 0 Å². The first-order valence-electron chi connectivity index (χ1n) is 6.87. The molecule has 0 saturated carbocycles. The van der Waals surface area contributed by atoms with Gasteiger partial charge in [0.15, 0.2) is 5.65 Å². The van der Waals surface area contributed by atoms with Gasteiger partial charge in [-0.2, -0.15) is 4.98 Å². The van der Waals surface area contributed by atoms with E-state index in [9.17, 15) is 5.11 Å². The van der Waals surface area contributed by atoms with E-state index in [0.717, 1.165) is 25.2 Å². The molecule has 1 aliphatic heterocycles. The molecule has 6 nitrogen and oxygen atoms in total. The minimum absolute atomic E-state index is 0.0863. The van der Waals surface area contributed by atoms with Gasteiger partial charge in [0.2, 0.25) is 5.95 Å². The van der Waals surface area contributed by atoms with Crippen molar-refractivity contribution in [3.8, 4) is 0 Å². The summed E-state index contributed by atoms with van der Waals surface area (Å²) in [5, 5.41) is 17.8. The molecule has 3 rings (SSSR count). The van der Waals surface area contributed by atoms with Gasteiger partial charge in [0.25, 0.3) is 0 Å². The molecule has 0 bridgehead atoms. The first-order valence-corrected chi connectivity index (χ1v) is 7.25. The molecule has 0 amide bonds. The van der Waals surface area contributed by atoms with E-state index >= 15 is 0 Å². The highest BCUT2D eigenvalue weighted by atomic mass is 35.5. The number of anilines is 1. The highest BCUT2D eigenvalue weighted by molar-refractivity contribution is 6.30. The van der Waals surface area contributed by atoms with Crippen LogP contribution in [0, 0.1) is 0 Å². The zero-order valence-corrected chi connectivity index (χ0v) is 11.9. The Kier molecular flexibility index (Phi) is 4.05. The van der Waals surface area contributed by atoms with Crippen LogP contribution in [0.25, 0.3) is 5.65 Å². The maximum absolute atomic E-state index is 9.25. The van der Waals surface area contributed by atoms with Crippen LogP contribution in [0.4, 0.5) is 5.95 Å². The van der Waals surface area contributed by atoms with Crippen LogP contribution in [0.2, 0.25) is 5.02 Å². The molecule has 2 N–H and O–H groups in total. The third-order valence-corrected chi connectivity index (χ3v) is 3.76. The van der Waals surface area contributed by atoms with Gasteiger partial charge in [-0.25, -0.2) is 4.52 Å². The molecule has 1 fully saturated rings. The Bertz CT molecular complexity index is 581. The second-order valence-corrected chi connectivity index (χ2v) is 5.46. The third-order valence-electron chi connectivity index (χ3n) is 3.54. The van der Waals surface area contributed by atoms with Gasteiger partial charge in [-0.3, -0.25) is 0 Å². The fourth-order valence-electron chi connectivity index (χ4n) is 2.55. The molecule has 1 unspecified atom stereocenters. The van der Waals surface area contributed by atoms with Gasteiger partial charge in [-0.05, 0) is 31.5 Å². The van der Waals surface area contributed by atoms with E-state index in [1.54, 1.807) is 16.8 Å². The first kappa shape index (κ1) is 13.6. The second kappa shape index (κ2) is 5.95. The van der Waals surface area contributed by atoms with Crippen molar-refractivity contribution in [1.29, 1.82) is 0 Å². The van der Waals surface area contributed by atoms with E-state index in [4.69, 9.17) is 11.6 Å². The summed E-state index contributed by atoms with van der Waals surface area (Å²) in [6.07, 6.45) is 4.09. The van der Waals surface area contributed by atoms with Crippen LogP contribution in [0.1, 0.15) is 12.8 Å². The summed E-state index contributed by atoms with van der Waals surface area (Å²) in [5.74, 6) is 0.634. The molecule has 7 heteroatoms. The molecule has 0 radical (unpaired) electrons. The summed E-state index contributed by atoms with van der Waals surface area (Å²) in [6, 6.07) is 4.07. The molecule has 0 aromatic carbocycles. The van der Waals surface area contributed by atoms with Gasteiger partial charge >= 0.3 is 0 Å². The SMILES string of the molecule is OCCN(CC1CCCN1)c1nc2ccc(Cl)cn2n1. The lowest BCUT2D eigenvalue weighted by Gasteiger charge is -2.23. The number of nitrogens with one attached hydrogen (secondary N) is 1. The van der Waals surface area contributed by atoms with E-state index in [1.807, 2.05) is 11.0 Å². The van der Waals surface area contributed by atoms with Crippen molar-refractivity contribution >= 4 is 23.2 Å². The Labute approximate surface area is 122 Å². The van der Waals surface area contributed by atoms with Crippen molar-refractivity contribution in [1.82, 2.24) is 19.9 Å². The van der Waals surface area contributed by atoms with Crippen LogP contribution in [0.5, 0.6) is 0 Å². The summed E-state index contributed by atoms with van der Waals surface area (Å²) < 4.78 is 1.67. The molecule has 2 aromatic rings. The van der Waals surface area contributed by atoms with E-state index < -0.39 is 0 Å². The van der Waals surface area contributed by atoms with Crippen molar-refractivity contribution in [2.75, 3.05) is 31.1 Å². The molecule has 1 saturated heterocycles. The first-order chi connectivity index (χ1) is 9.76. The van der Waals surface area contributed by atoms with Gasteiger partial charge in [-0.15, -0.1) is 5.10 Å². The summed E-state index contributed by atoms with van der Waals surface area (Å²) in [4.78, 5) is 6.51. The maximum atomic E-state index is 9.25. The smallest absolute Gasteiger partial charge is 0.245 e. The minimum atomic E-state index is 0.0863. The van der Waals surface area contributed by atoms with Crippen LogP contribution in [-0.2, 0) is 0 Å². The Morgan fingerprint density at radius 2 is 2.40 bits per heavy atom. The van der Waals surface area contributed by atoms with Crippen molar-refractivity contribution in [3.05, 3.63) is 23.4 Å². The van der Waals surface area contributed by atoms with Gasteiger partial charge in [-0.1, -0.05) is 11.6 Å². The standard InChI is InChI=1S/C13H18ClN5O/c14-10-3-4-12-16-13(17-19(12)8-10)18(6-7-20)9-11-2-1-5-15-11/h3-4,8,11,15,20H,1-2,5-7,9H2. The number of pyridine rings is 1. The molecular weight excluding hydrogens is 278 g/mol. The molecule has 0 spiro atoms. The normalized spacial score (nSPS) is 18.8. The molecule has 0 aliphatic carbocycles. The van der Waals surface area contributed by atoms with E-state index in [2.05, 4.69) is 15.4 Å². The second-order valence-electron chi connectivity index (χ2n) is 5.02. The highest BCUT2D eigenvalue weighted by Crippen LogP contribution is 2.16. The zero-order chi connectivity index (χ0) is 13.9. The highest BCUT2D eigenvalue weighted by Gasteiger charge is 2.20. The van der Waals surface area contributed by atoms with Crippen molar-refractivity contribution < 1.29 is 5.11 Å². The topological polar surface area (TPSA) is 65.7 Å². The molecule has 20 heavy (non-hydrogen) atoms. The molecule has 3 heterocycles. The van der Waals surface area contributed by atoms with Crippen LogP contribution >= 0.6 is 11.6 Å². The van der Waals surface area contributed by atoms with Crippen molar-refractivity contribution in [3.63, 3.8) is 0 Å². The zero-order valence-electron chi connectivity index (χ0n) is 11.2. The summed E-state index contributed by atoms with van der Waals surface area (Å²) >= 11 is 5.95. The Balaban J connectivity index is 1.83. The number of nitrogens with zero attached hydrogens (tertiary/aromatic N) is 4. The summed E-state index contributed by atoms with van der Waals surface area (Å²) in [7, 11) is 0. The van der Waals surface area contributed by atoms with Gasteiger partial charge < -0.3 is 15.3 Å². The maximum Gasteiger partial charge on any atom is 0.245 e. The molecule has 1 atom stereocenters. The lowest BCUT2D eigenvalue weighted by molar-refractivity contribution is 0.299. The Morgan fingerprint density at radius 3 is 3.15 bits per heavy atom. The largest absolute Gasteiger partial charge is 0.395 e. The average molecular weight is 296 g/mol. The number of rotatable bonds is 5. The predicted octanol–water partition coefficient (Wildman–Crippen LogP) is 0.933. The fraction of sp³-hybridized carbons (Fsp3) is 0.538. The molecule has 1 aliphatic rings. The van der Waals surface area contributed by atoms with Crippen molar-refractivity contribution in [2.45, 2.75) is 18.9 Å². The number of fused-ring (bicyclic) bond motifs is 1. The minimum Gasteiger partial charge on any atom is -0.395 e. The van der Waals surface area contributed by atoms with Gasteiger partial charge in [0, 0.05) is 25.3 Å². The average Bonchev–Trinajstić information content (AvgIpc) is 3.06. The lowest BCUT2D eigenvalue weighted by atomic mass is 10.2. The van der Waals surface area contributed by atoms with Gasteiger partial charge in [0.1, 0.15) is 0 Å². The van der Waals surface area contributed by atoms with Crippen LogP contribution < -0.4 is 10.2 Å². The van der Waals surface area contributed by atoms with E-state index in [0.29, 0.717) is 23.6 Å². The summed E-state index contributed by atoms with van der Waals surface area (Å²) in [5.41, 5.74) is 0.756. The monoisotopic (exact) mass is 295 g/mol. The number of aromatic nitrogens is 3. The molecular formula is C13H18ClN5O. The number of aliphatic hydroxyl groups is 1. The number of hydrogen-bond acceptors (Lipinski definition) is 5. The fourth-order valence-corrected chi connectivity index (χ4v) is 2.71. The number of aliphatic hydroxyl groups excluding tert-OH is 1. The predicted molar refractivity (Wildman–Crippen MR) is 78.3 cm³/mol. The van der Waals surface area contributed by atoms with Crippen molar-refractivity contribution in [2.24, 2.45) is 0 Å². The Morgan fingerprint density at radius 1 is 1.50 bits per heavy atom. The Hall–Kier alpha value is -1.37. The van der Waals surface area contributed by atoms with E-state index in [1.165, 1.54) is 6.42 Å².